The number of hydrogen-bond acceptors (Lipinski definition) is 5. The zero-order valence-corrected chi connectivity index (χ0v) is 12.4. The van der Waals surface area contributed by atoms with Crippen LogP contribution in [0.2, 0.25) is 0 Å². The van der Waals surface area contributed by atoms with Crippen LogP contribution in [0.4, 0.5) is 0 Å². The van der Waals surface area contributed by atoms with E-state index in [-0.39, 0.29) is 6.10 Å². The summed E-state index contributed by atoms with van der Waals surface area (Å²) < 4.78 is 11.3. The Balaban J connectivity index is 1.89. The minimum atomic E-state index is 0.0829. The molecule has 0 saturated heterocycles. The Morgan fingerprint density at radius 2 is 1.90 bits per heavy atom. The summed E-state index contributed by atoms with van der Waals surface area (Å²) in [5.74, 6) is 2.15. The van der Waals surface area contributed by atoms with Gasteiger partial charge in [0, 0.05) is 0 Å². The Morgan fingerprint density at radius 1 is 1.20 bits per heavy atom. The molecule has 1 aliphatic carbocycles. The van der Waals surface area contributed by atoms with Gasteiger partial charge < -0.3 is 15.2 Å². The largest absolute Gasteiger partial charge is 0.476 e. The Morgan fingerprint density at radius 3 is 2.60 bits per heavy atom. The standard InChI is InChI=1S/C15H25N3O2/c1-11(2)20-15-9-17-8-14(18-15)19-10-13-6-4-3-5-12(13)7-16/h8-9,11-13H,3-7,10,16H2,1-2H3. The molecule has 0 radical (unpaired) electrons. The van der Waals surface area contributed by atoms with Crippen LogP contribution in [0.1, 0.15) is 39.5 Å². The maximum atomic E-state index is 5.84. The lowest BCUT2D eigenvalue weighted by molar-refractivity contribution is 0.147. The van der Waals surface area contributed by atoms with Crippen molar-refractivity contribution in [2.75, 3.05) is 13.2 Å². The average molecular weight is 279 g/mol. The highest BCUT2D eigenvalue weighted by molar-refractivity contribution is 5.12. The number of nitrogens with zero attached hydrogens (tertiary/aromatic N) is 2. The van der Waals surface area contributed by atoms with Gasteiger partial charge in [-0.25, -0.2) is 0 Å². The van der Waals surface area contributed by atoms with Crippen molar-refractivity contribution in [1.82, 2.24) is 9.97 Å². The van der Waals surface area contributed by atoms with E-state index in [2.05, 4.69) is 9.97 Å². The molecule has 5 nitrogen and oxygen atoms in total. The van der Waals surface area contributed by atoms with Gasteiger partial charge in [-0.05, 0) is 45.1 Å². The number of rotatable bonds is 6. The first-order chi connectivity index (χ1) is 9.69. The first-order valence-corrected chi connectivity index (χ1v) is 7.50. The van der Waals surface area contributed by atoms with Crippen molar-refractivity contribution in [3.05, 3.63) is 12.4 Å². The molecule has 1 aliphatic rings. The van der Waals surface area contributed by atoms with E-state index in [1.54, 1.807) is 12.4 Å². The highest BCUT2D eigenvalue weighted by atomic mass is 16.5. The van der Waals surface area contributed by atoms with Crippen molar-refractivity contribution in [2.24, 2.45) is 17.6 Å². The minimum absolute atomic E-state index is 0.0829. The second-order valence-electron chi connectivity index (χ2n) is 5.71. The van der Waals surface area contributed by atoms with E-state index in [0.29, 0.717) is 30.2 Å². The minimum Gasteiger partial charge on any atom is -0.476 e. The molecule has 0 aliphatic heterocycles. The average Bonchev–Trinajstić information content (AvgIpc) is 2.45. The van der Waals surface area contributed by atoms with Crippen molar-refractivity contribution in [3.63, 3.8) is 0 Å². The third-order valence-corrected chi connectivity index (χ3v) is 3.76. The van der Waals surface area contributed by atoms with E-state index in [9.17, 15) is 0 Å². The summed E-state index contributed by atoms with van der Waals surface area (Å²) in [6.45, 7) is 5.34. The topological polar surface area (TPSA) is 70.3 Å². The van der Waals surface area contributed by atoms with Crippen molar-refractivity contribution < 1.29 is 9.47 Å². The van der Waals surface area contributed by atoms with E-state index >= 15 is 0 Å². The molecule has 0 bridgehead atoms. The number of ether oxygens (including phenoxy) is 2. The molecule has 5 heteroatoms. The summed E-state index contributed by atoms with van der Waals surface area (Å²) in [4.78, 5) is 8.41. The zero-order chi connectivity index (χ0) is 14.4. The SMILES string of the molecule is CC(C)Oc1cncc(OCC2CCCCC2CN)n1. The van der Waals surface area contributed by atoms with Gasteiger partial charge in [-0.2, -0.15) is 4.98 Å². The van der Waals surface area contributed by atoms with E-state index in [1.165, 1.54) is 25.7 Å². The lowest BCUT2D eigenvalue weighted by Crippen LogP contribution is -2.30. The Kier molecular flexibility index (Phi) is 5.59. The van der Waals surface area contributed by atoms with Gasteiger partial charge in [0.2, 0.25) is 11.8 Å². The summed E-state index contributed by atoms with van der Waals surface area (Å²) in [7, 11) is 0. The molecular weight excluding hydrogens is 254 g/mol. The van der Waals surface area contributed by atoms with Gasteiger partial charge in [0.05, 0.1) is 25.1 Å². The second kappa shape index (κ2) is 7.43. The van der Waals surface area contributed by atoms with Crippen LogP contribution in [-0.4, -0.2) is 29.2 Å². The van der Waals surface area contributed by atoms with Crippen LogP contribution in [0.15, 0.2) is 12.4 Å². The smallest absolute Gasteiger partial charge is 0.235 e. The summed E-state index contributed by atoms with van der Waals surface area (Å²) in [5, 5.41) is 0. The zero-order valence-electron chi connectivity index (χ0n) is 12.4. The lowest BCUT2D eigenvalue weighted by Gasteiger charge is -2.30. The molecule has 1 aromatic heterocycles. The summed E-state index contributed by atoms with van der Waals surface area (Å²) >= 11 is 0. The fraction of sp³-hybridized carbons (Fsp3) is 0.733. The van der Waals surface area contributed by atoms with Crippen LogP contribution in [0.25, 0.3) is 0 Å². The molecule has 0 amide bonds. The molecule has 20 heavy (non-hydrogen) atoms. The fourth-order valence-electron chi connectivity index (χ4n) is 2.71. The quantitative estimate of drug-likeness (QED) is 0.866. The van der Waals surface area contributed by atoms with E-state index in [4.69, 9.17) is 15.2 Å². The highest BCUT2D eigenvalue weighted by Crippen LogP contribution is 2.29. The maximum absolute atomic E-state index is 5.84. The molecule has 1 aromatic rings. The second-order valence-corrected chi connectivity index (χ2v) is 5.71. The molecule has 112 valence electrons. The molecule has 2 N–H and O–H groups in total. The van der Waals surface area contributed by atoms with Gasteiger partial charge in [0.25, 0.3) is 0 Å². The highest BCUT2D eigenvalue weighted by Gasteiger charge is 2.24. The third kappa shape index (κ3) is 4.34. The van der Waals surface area contributed by atoms with Gasteiger partial charge >= 0.3 is 0 Å². The van der Waals surface area contributed by atoms with Crippen LogP contribution in [0.5, 0.6) is 11.8 Å². The maximum Gasteiger partial charge on any atom is 0.235 e. The van der Waals surface area contributed by atoms with Gasteiger partial charge in [0.1, 0.15) is 0 Å². The van der Waals surface area contributed by atoms with Crippen molar-refractivity contribution in [1.29, 1.82) is 0 Å². The molecule has 0 spiro atoms. The van der Waals surface area contributed by atoms with Gasteiger partial charge in [0.15, 0.2) is 0 Å². The Labute approximate surface area is 120 Å². The molecule has 0 aromatic carbocycles. The predicted molar refractivity (Wildman–Crippen MR) is 77.8 cm³/mol. The molecule has 2 atom stereocenters. The summed E-state index contributed by atoms with van der Waals surface area (Å²) in [6.07, 6.45) is 8.29. The Bertz CT molecular complexity index is 412. The predicted octanol–water partition coefficient (Wildman–Crippen LogP) is 2.41. The van der Waals surface area contributed by atoms with E-state index < -0.39 is 0 Å². The van der Waals surface area contributed by atoms with E-state index in [1.807, 2.05) is 13.8 Å². The normalized spacial score (nSPS) is 22.8. The first-order valence-electron chi connectivity index (χ1n) is 7.50. The van der Waals surface area contributed by atoms with Gasteiger partial charge in [-0.15, -0.1) is 0 Å². The van der Waals surface area contributed by atoms with Gasteiger partial charge in [-0.3, -0.25) is 4.98 Å². The number of aromatic nitrogens is 2. The molecule has 1 heterocycles. The van der Waals surface area contributed by atoms with E-state index in [0.717, 1.165) is 6.54 Å². The van der Waals surface area contributed by atoms with Crippen LogP contribution in [-0.2, 0) is 0 Å². The van der Waals surface area contributed by atoms with Crippen LogP contribution in [0.3, 0.4) is 0 Å². The van der Waals surface area contributed by atoms with Crippen molar-refractivity contribution >= 4 is 0 Å². The Hall–Kier alpha value is -1.36. The number of hydrogen-bond donors (Lipinski definition) is 1. The monoisotopic (exact) mass is 279 g/mol. The molecule has 1 saturated carbocycles. The summed E-state index contributed by atoms with van der Waals surface area (Å²) in [5.41, 5.74) is 5.84. The molecular formula is C15H25N3O2. The molecule has 2 unspecified atom stereocenters. The van der Waals surface area contributed by atoms with Crippen LogP contribution < -0.4 is 15.2 Å². The van der Waals surface area contributed by atoms with Crippen molar-refractivity contribution in [3.8, 4) is 11.8 Å². The molecule has 2 rings (SSSR count). The van der Waals surface area contributed by atoms with Gasteiger partial charge in [-0.1, -0.05) is 12.8 Å². The van der Waals surface area contributed by atoms with Crippen molar-refractivity contribution in [2.45, 2.75) is 45.6 Å². The lowest BCUT2D eigenvalue weighted by atomic mass is 9.80. The summed E-state index contributed by atoms with van der Waals surface area (Å²) in [6, 6.07) is 0. The molecule has 1 fully saturated rings. The van der Waals surface area contributed by atoms with Crippen LogP contribution >= 0.6 is 0 Å². The van der Waals surface area contributed by atoms with Crippen LogP contribution in [0, 0.1) is 11.8 Å². The third-order valence-electron chi connectivity index (χ3n) is 3.76. The fourth-order valence-corrected chi connectivity index (χ4v) is 2.71. The number of nitrogens with two attached hydrogens (primary N) is 1. The first kappa shape index (κ1) is 15.0.